The van der Waals surface area contributed by atoms with Gasteiger partial charge in [0.25, 0.3) is 0 Å². The second-order valence-corrected chi connectivity index (χ2v) is 5.55. The predicted molar refractivity (Wildman–Crippen MR) is 52.9 cm³/mol. The van der Waals surface area contributed by atoms with Gasteiger partial charge in [-0.3, -0.25) is 0 Å². The van der Waals surface area contributed by atoms with Gasteiger partial charge in [-0.15, -0.1) is 0 Å². The Morgan fingerprint density at radius 1 is 1.46 bits per heavy atom. The Bertz CT molecular complexity index is 242. The Hall–Kier alpha value is -0.380. The van der Waals surface area contributed by atoms with Crippen LogP contribution >= 0.6 is 11.8 Å². The minimum atomic E-state index is 0.190. The maximum atomic E-state index is 11.7. The van der Waals surface area contributed by atoms with Gasteiger partial charge in [0.2, 0.25) is 0 Å². The second kappa shape index (κ2) is 2.80. The molecule has 0 radical (unpaired) electrons. The summed E-state index contributed by atoms with van der Waals surface area (Å²) >= 11 is 2.03. The van der Waals surface area contributed by atoms with E-state index in [1.165, 1.54) is 19.3 Å². The van der Waals surface area contributed by atoms with Gasteiger partial charge < -0.3 is 10.2 Å². The molecule has 4 heteroatoms. The molecule has 2 unspecified atom stereocenters. The molecule has 2 atom stereocenters. The molecule has 0 aromatic rings. The van der Waals surface area contributed by atoms with Crippen molar-refractivity contribution in [3.8, 4) is 0 Å². The largest absolute Gasteiger partial charge is 0.335 e. The minimum absolute atomic E-state index is 0.190. The number of rotatable bonds is 1. The van der Waals surface area contributed by atoms with Crippen LogP contribution in [0.25, 0.3) is 0 Å². The molecule has 2 saturated heterocycles. The summed E-state index contributed by atoms with van der Waals surface area (Å²) in [6.45, 7) is 0.980. The molecule has 0 aromatic carbocycles. The fraction of sp³-hybridized carbons (Fsp3) is 0.889. The molecule has 2 heterocycles. The Balaban J connectivity index is 1.61. The number of carbonyl (C=O) groups is 1. The molecule has 1 N–H and O–H groups in total. The Morgan fingerprint density at radius 3 is 2.85 bits per heavy atom. The van der Waals surface area contributed by atoms with Gasteiger partial charge in [-0.25, -0.2) is 4.79 Å². The quantitative estimate of drug-likeness (QED) is 0.683. The van der Waals surface area contributed by atoms with Crippen LogP contribution in [-0.2, 0) is 0 Å². The highest BCUT2D eigenvalue weighted by atomic mass is 32.2. The molecule has 2 bridgehead atoms. The first kappa shape index (κ1) is 7.97. The van der Waals surface area contributed by atoms with E-state index in [9.17, 15) is 4.79 Å². The van der Waals surface area contributed by atoms with Crippen molar-refractivity contribution in [2.75, 3.05) is 12.3 Å². The summed E-state index contributed by atoms with van der Waals surface area (Å²) in [5.41, 5.74) is 0. The van der Waals surface area contributed by atoms with Crippen LogP contribution in [0.3, 0.4) is 0 Å². The molecule has 2 aliphatic heterocycles. The van der Waals surface area contributed by atoms with E-state index in [-0.39, 0.29) is 6.03 Å². The van der Waals surface area contributed by atoms with Crippen molar-refractivity contribution < 1.29 is 4.79 Å². The standard InChI is InChI=1S/C9H14N2OS/c12-9(10-6-1-2-6)11-4-8-3-7(11)5-13-8/h6-8H,1-5H2,(H,10,12). The number of urea groups is 1. The number of hydrogen-bond acceptors (Lipinski definition) is 2. The number of nitrogens with zero attached hydrogens (tertiary/aromatic N) is 1. The first-order valence-electron chi connectivity index (χ1n) is 5.01. The summed E-state index contributed by atoms with van der Waals surface area (Å²) in [7, 11) is 0. The van der Waals surface area contributed by atoms with Gasteiger partial charge in [0.05, 0.1) is 0 Å². The van der Waals surface area contributed by atoms with Crippen LogP contribution in [0.5, 0.6) is 0 Å². The van der Waals surface area contributed by atoms with E-state index in [1.54, 1.807) is 0 Å². The third-order valence-corrected chi connectivity index (χ3v) is 4.46. The van der Waals surface area contributed by atoms with Crippen LogP contribution in [0.15, 0.2) is 0 Å². The van der Waals surface area contributed by atoms with Crippen LogP contribution < -0.4 is 5.32 Å². The maximum Gasteiger partial charge on any atom is 0.317 e. The molecule has 1 saturated carbocycles. The van der Waals surface area contributed by atoms with Crippen LogP contribution in [-0.4, -0.2) is 40.6 Å². The van der Waals surface area contributed by atoms with Gasteiger partial charge in [0.15, 0.2) is 0 Å². The molecule has 1 aliphatic carbocycles. The normalized spacial score (nSPS) is 36.8. The molecule has 3 aliphatic rings. The molecule has 0 spiro atoms. The summed E-state index contributed by atoms with van der Waals surface area (Å²) in [5, 5.41) is 3.79. The zero-order valence-electron chi connectivity index (χ0n) is 7.53. The van der Waals surface area contributed by atoms with E-state index in [0.29, 0.717) is 12.1 Å². The maximum absolute atomic E-state index is 11.7. The topological polar surface area (TPSA) is 32.3 Å². The number of thioether (sulfide) groups is 1. The molecule has 72 valence electrons. The van der Waals surface area contributed by atoms with E-state index in [1.807, 2.05) is 16.7 Å². The first-order chi connectivity index (χ1) is 6.33. The van der Waals surface area contributed by atoms with E-state index < -0.39 is 0 Å². The molecule has 0 aromatic heterocycles. The zero-order chi connectivity index (χ0) is 8.84. The third kappa shape index (κ3) is 1.41. The average molecular weight is 198 g/mol. The average Bonchev–Trinajstić information content (AvgIpc) is 2.71. The number of hydrogen-bond donors (Lipinski definition) is 1. The van der Waals surface area contributed by atoms with Crippen molar-refractivity contribution in [3.05, 3.63) is 0 Å². The highest BCUT2D eigenvalue weighted by molar-refractivity contribution is 8.00. The molecule has 2 amide bonds. The van der Waals surface area contributed by atoms with Gasteiger partial charge in [-0.1, -0.05) is 0 Å². The lowest BCUT2D eigenvalue weighted by atomic mass is 10.2. The molecular formula is C9H14N2OS. The van der Waals surface area contributed by atoms with Crippen molar-refractivity contribution in [2.24, 2.45) is 0 Å². The predicted octanol–water partition coefficient (Wildman–Crippen LogP) is 1.05. The highest BCUT2D eigenvalue weighted by Gasteiger charge is 2.41. The summed E-state index contributed by atoms with van der Waals surface area (Å²) in [6, 6.07) is 1.23. The monoisotopic (exact) mass is 198 g/mol. The van der Waals surface area contributed by atoms with Gasteiger partial charge >= 0.3 is 6.03 Å². The molecular weight excluding hydrogens is 184 g/mol. The third-order valence-electron chi connectivity index (χ3n) is 3.07. The van der Waals surface area contributed by atoms with Crippen LogP contribution in [0, 0.1) is 0 Å². The summed E-state index contributed by atoms with van der Waals surface area (Å²) in [5.74, 6) is 1.16. The summed E-state index contributed by atoms with van der Waals surface area (Å²) < 4.78 is 0. The Labute approximate surface area is 82.2 Å². The van der Waals surface area contributed by atoms with E-state index in [4.69, 9.17) is 0 Å². The number of carbonyl (C=O) groups excluding carboxylic acids is 1. The van der Waals surface area contributed by atoms with Crippen molar-refractivity contribution in [1.29, 1.82) is 0 Å². The molecule has 3 fully saturated rings. The highest BCUT2D eigenvalue weighted by Crippen LogP contribution is 2.37. The van der Waals surface area contributed by atoms with Gasteiger partial charge in [0.1, 0.15) is 0 Å². The smallest absolute Gasteiger partial charge is 0.317 e. The van der Waals surface area contributed by atoms with E-state index in [0.717, 1.165) is 17.5 Å². The minimum Gasteiger partial charge on any atom is -0.335 e. The van der Waals surface area contributed by atoms with Crippen molar-refractivity contribution >= 4 is 17.8 Å². The second-order valence-electron chi connectivity index (χ2n) is 4.22. The lowest BCUT2D eigenvalue weighted by Gasteiger charge is -2.26. The fourth-order valence-corrected chi connectivity index (χ4v) is 3.57. The number of likely N-dealkylation sites (tertiary alicyclic amines) is 1. The van der Waals surface area contributed by atoms with E-state index >= 15 is 0 Å². The Morgan fingerprint density at radius 2 is 2.31 bits per heavy atom. The Kier molecular flexibility index (Phi) is 1.72. The summed E-state index contributed by atoms with van der Waals surface area (Å²) in [4.78, 5) is 13.7. The summed E-state index contributed by atoms with van der Waals surface area (Å²) in [6.07, 6.45) is 3.59. The lowest BCUT2D eigenvalue weighted by Crippen LogP contribution is -2.46. The van der Waals surface area contributed by atoms with Crippen molar-refractivity contribution in [1.82, 2.24) is 10.2 Å². The fourth-order valence-electron chi connectivity index (χ4n) is 2.13. The number of amides is 2. The number of nitrogens with one attached hydrogen (secondary N) is 1. The van der Waals surface area contributed by atoms with Crippen LogP contribution in [0.1, 0.15) is 19.3 Å². The van der Waals surface area contributed by atoms with Gasteiger partial charge in [-0.2, -0.15) is 11.8 Å². The van der Waals surface area contributed by atoms with Crippen LogP contribution in [0.4, 0.5) is 4.79 Å². The van der Waals surface area contributed by atoms with Crippen molar-refractivity contribution in [3.63, 3.8) is 0 Å². The van der Waals surface area contributed by atoms with Gasteiger partial charge in [0, 0.05) is 29.6 Å². The lowest BCUT2D eigenvalue weighted by molar-refractivity contribution is 0.195. The van der Waals surface area contributed by atoms with Crippen molar-refractivity contribution in [2.45, 2.75) is 36.6 Å². The SMILES string of the molecule is O=C(NC1CC1)N1CC2CC1CS2. The molecule has 3 rings (SSSR count). The van der Waals surface area contributed by atoms with Crippen LogP contribution in [0.2, 0.25) is 0 Å². The molecule has 13 heavy (non-hydrogen) atoms. The van der Waals surface area contributed by atoms with Gasteiger partial charge in [-0.05, 0) is 19.3 Å². The first-order valence-corrected chi connectivity index (χ1v) is 6.06. The molecule has 3 nitrogen and oxygen atoms in total. The van der Waals surface area contributed by atoms with E-state index in [2.05, 4.69) is 5.32 Å². The number of fused-ring (bicyclic) bond motifs is 2. The zero-order valence-corrected chi connectivity index (χ0v) is 8.35.